The molecule has 0 spiro atoms. The number of rotatable bonds is 3. The molecule has 3 atom stereocenters. The maximum atomic E-state index is 12.1. The summed E-state index contributed by atoms with van der Waals surface area (Å²) in [4.78, 5) is 24.8. The van der Waals surface area contributed by atoms with Crippen LogP contribution in [0.2, 0.25) is 0 Å². The lowest BCUT2D eigenvalue weighted by atomic mass is 9.79. The number of carboxylic acids is 1. The van der Waals surface area contributed by atoms with E-state index in [9.17, 15) is 9.59 Å². The molecule has 1 saturated carbocycles. The first-order valence-corrected chi connectivity index (χ1v) is 6.48. The van der Waals surface area contributed by atoms with E-state index in [1.807, 2.05) is 4.90 Å². The Hall–Kier alpha value is -1.06. The van der Waals surface area contributed by atoms with Crippen LogP contribution in [-0.2, 0) is 9.59 Å². The molecule has 4 nitrogen and oxygen atoms in total. The van der Waals surface area contributed by atoms with Crippen LogP contribution in [0.15, 0.2) is 0 Å². The zero-order valence-corrected chi connectivity index (χ0v) is 10.6. The van der Waals surface area contributed by atoms with Gasteiger partial charge in [0, 0.05) is 13.1 Å². The summed E-state index contributed by atoms with van der Waals surface area (Å²) in [5.74, 6) is -1.42. The number of carbonyl (C=O) groups is 2. The smallest absolute Gasteiger partial charge is 0.307 e. The second kappa shape index (κ2) is 4.31. The Labute approximate surface area is 102 Å². The van der Waals surface area contributed by atoms with Crippen molar-refractivity contribution < 1.29 is 14.7 Å². The van der Waals surface area contributed by atoms with Crippen molar-refractivity contribution in [3.8, 4) is 0 Å². The molecule has 17 heavy (non-hydrogen) atoms. The van der Waals surface area contributed by atoms with Crippen molar-refractivity contribution in [3.63, 3.8) is 0 Å². The van der Waals surface area contributed by atoms with Gasteiger partial charge in [-0.1, -0.05) is 13.8 Å². The van der Waals surface area contributed by atoms with Gasteiger partial charge >= 0.3 is 5.97 Å². The van der Waals surface area contributed by atoms with Crippen LogP contribution in [0.3, 0.4) is 0 Å². The fraction of sp³-hybridized carbons (Fsp3) is 0.846. The van der Waals surface area contributed by atoms with Crippen molar-refractivity contribution in [2.24, 2.45) is 17.3 Å². The highest BCUT2D eigenvalue weighted by atomic mass is 16.4. The maximum Gasteiger partial charge on any atom is 0.307 e. The van der Waals surface area contributed by atoms with Crippen LogP contribution in [0.5, 0.6) is 0 Å². The number of likely N-dealkylation sites (tertiary alicyclic amines) is 1. The zero-order valence-electron chi connectivity index (χ0n) is 10.6. The maximum absolute atomic E-state index is 12.1. The molecule has 4 heteroatoms. The molecule has 2 rings (SSSR count). The SMILES string of the molecule is CCC1(C)CCCN(C(=O)C2CC2C(=O)O)C1. The van der Waals surface area contributed by atoms with Crippen molar-refractivity contribution in [1.82, 2.24) is 4.90 Å². The third-order valence-electron chi connectivity index (χ3n) is 4.37. The zero-order chi connectivity index (χ0) is 12.6. The first-order chi connectivity index (χ1) is 7.97. The third-order valence-corrected chi connectivity index (χ3v) is 4.37. The van der Waals surface area contributed by atoms with E-state index >= 15 is 0 Å². The molecule has 0 bridgehead atoms. The molecule has 1 aliphatic carbocycles. The van der Waals surface area contributed by atoms with Crippen LogP contribution in [0.1, 0.15) is 39.5 Å². The first-order valence-electron chi connectivity index (χ1n) is 6.48. The number of aliphatic carboxylic acids is 1. The van der Waals surface area contributed by atoms with Gasteiger partial charge in [-0.05, 0) is 31.1 Å². The van der Waals surface area contributed by atoms with Crippen LogP contribution >= 0.6 is 0 Å². The van der Waals surface area contributed by atoms with Crippen molar-refractivity contribution in [2.45, 2.75) is 39.5 Å². The third kappa shape index (κ3) is 2.45. The molecule has 0 aromatic carbocycles. The summed E-state index contributed by atoms with van der Waals surface area (Å²) >= 11 is 0. The van der Waals surface area contributed by atoms with Gasteiger partial charge in [-0.3, -0.25) is 9.59 Å². The lowest BCUT2D eigenvalue weighted by Gasteiger charge is -2.40. The summed E-state index contributed by atoms with van der Waals surface area (Å²) in [6.07, 6.45) is 3.82. The Morgan fingerprint density at radius 3 is 2.65 bits per heavy atom. The van der Waals surface area contributed by atoms with Gasteiger partial charge in [-0.2, -0.15) is 0 Å². The minimum atomic E-state index is -0.821. The summed E-state index contributed by atoms with van der Waals surface area (Å²) in [5, 5.41) is 8.85. The van der Waals surface area contributed by atoms with Crippen molar-refractivity contribution in [3.05, 3.63) is 0 Å². The Bertz CT molecular complexity index is 342. The summed E-state index contributed by atoms with van der Waals surface area (Å²) in [6.45, 7) is 5.97. The van der Waals surface area contributed by atoms with Crippen LogP contribution in [0.25, 0.3) is 0 Å². The van der Waals surface area contributed by atoms with E-state index in [2.05, 4.69) is 13.8 Å². The predicted octanol–water partition coefficient (Wildman–Crippen LogP) is 1.75. The molecule has 2 fully saturated rings. The van der Waals surface area contributed by atoms with Crippen molar-refractivity contribution in [1.29, 1.82) is 0 Å². The molecule has 1 aliphatic heterocycles. The van der Waals surface area contributed by atoms with Crippen molar-refractivity contribution in [2.75, 3.05) is 13.1 Å². The molecular weight excluding hydrogens is 218 g/mol. The number of hydrogen-bond donors (Lipinski definition) is 1. The topological polar surface area (TPSA) is 57.6 Å². The van der Waals surface area contributed by atoms with E-state index in [0.717, 1.165) is 25.9 Å². The summed E-state index contributed by atoms with van der Waals surface area (Å²) < 4.78 is 0. The molecule has 1 saturated heterocycles. The van der Waals surface area contributed by atoms with Gasteiger partial charge in [0.1, 0.15) is 0 Å². The summed E-state index contributed by atoms with van der Waals surface area (Å²) in [5.41, 5.74) is 0.224. The number of nitrogens with zero attached hydrogens (tertiary/aromatic N) is 1. The monoisotopic (exact) mass is 239 g/mol. The first kappa shape index (κ1) is 12.4. The van der Waals surface area contributed by atoms with E-state index < -0.39 is 11.9 Å². The van der Waals surface area contributed by atoms with E-state index in [4.69, 9.17) is 5.11 Å². The van der Waals surface area contributed by atoms with Gasteiger partial charge in [0.05, 0.1) is 11.8 Å². The molecule has 0 aromatic heterocycles. The number of amides is 1. The lowest BCUT2D eigenvalue weighted by Crippen LogP contribution is -2.45. The van der Waals surface area contributed by atoms with Crippen LogP contribution < -0.4 is 0 Å². The van der Waals surface area contributed by atoms with E-state index in [1.54, 1.807) is 0 Å². The Balaban J connectivity index is 1.95. The number of piperidine rings is 1. The molecular formula is C13H21NO3. The standard InChI is InChI=1S/C13H21NO3/c1-3-13(2)5-4-6-14(8-13)11(15)9-7-10(9)12(16)17/h9-10H,3-8H2,1-2H3,(H,16,17). The highest BCUT2D eigenvalue weighted by Gasteiger charge is 2.50. The fourth-order valence-electron chi connectivity index (χ4n) is 2.77. The molecule has 0 aromatic rings. The Morgan fingerprint density at radius 1 is 1.41 bits per heavy atom. The number of hydrogen-bond acceptors (Lipinski definition) is 2. The van der Waals surface area contributed by atoms with Gasteiger partial charge in [-0.15, -0.1) is 0 Å². The lowest BCUT2D eigenvalue weighted by molar-refractivity contribution is -0.143. The second-order valence-electron chi connectivity index (χ2n) is 5.81. The van der Waals surface area contributed by atoms with Crippen LogP contribution in [-0.4, -0.2) is 35.0 Å². The normalized spacial score (nSPS) is 36.7. The minimum absolute atomic E-state index is 0.0665. The molecule has 3 unspecified atom stereocenters. The quantitative estimate of drug-likeness (QED) is 0.816. The number of carboxylic acid groups (broad SMARTS) is 1. The summed E-state index contributed by atoms with van der Waals surface area (Å²) in [6, 6.07) is 0. The average Bonchev–Trinajstić information content (AvgIpc) is 3.08. The second-order valence-corrected chi connectivity index (χ2v) is 5.81. The van der Waals surface area contributed by atoms with Gasteiger partial charge in [0.25, 0.3) is 0 Å². The van der Waals surface area contributed by atoms with Gasteiger partial charge in [-0.25, -0.2) is 0 Å². The predicted molar refractivity (Wildman–Crippen MR) is 63.4 cm³/mol. The molecule has 1 heterocycles. The summed E-state index contributed by atoms with van der Waals surface area (Å²) in [7, 11) is 0. The Kier molecular flexibility index (Phi) is 3.15. The van der Waals surface area contributed by atoms with E-state index in [1.165, 1.54) is 6.42 Å². The molecule has 0 radical (unpaired) electrons. The minimum Gasteiger partial charge on any atom is -0.481 e. The largest absolute Gasteiger partial charge is 0.481 e. The molecule has 2 aliphatic rings. The van der Waals surface area contributed by atoms with Crippen molar-refractivity contribution >= 4 is 11.9 Å². The molecule has 1 amide bonds. The van der Waals surface area contributed by atoms with Crippen LogP contribution in [0, 0.1) is 17.3 Å². The highest BCUT2D eigenvalue weighted by molar-refractivity contribution is 5.89. The van der Waals surface area contributed by atoms with Gasteiger partial charge in [0.15, 0.2) is 0 Å². The fourth-order valence-corrected chi connectivity index (χ4v) is 2.77. The van der Waals surface area contributed by atoms with E-state index in [0.29, 0.717) is 6.42 Å². The van der Waals surface area contributed by atoms with Gasteiger partial charge in [0.2, 0.25) is 5.91 Å². The number of carbonyl (C=O) groups excluding carboxylic acids is 1. The Morgan fingerprint density at radius 2 is 2.12 bits per heavy atom. The molecule has 1 N–H and O–H groups in total. The van der Waals surface area contributed by atoms with Crippen LogP contribution in [0.4, 0.5) is 0 Å². The average molecular weight is 239 g/mol. The highest BCUT2D eigenvalue weighted by Crippen LogP contribution is 2.42. The molecule has 96 valence electrons. The van der Waals surface area contributed by atoms with Gasteiger partial charge < -0.3 is 10.0 Å². The van der Waals surface area contributed by atoms with E-state index in [-0.39, 0.29) is 17.2 Å².